The molecule has 0 radical (unpaired) electrons. The average Bonchev–Trinajstić information content (AvgIpc) is 2.79. The molecule has 0 saturated carbocycles. The molecule has 0 fully saturated rings. The van der Waals surface area contributed by atoms with E-state index in [2.05, 4.69) is 16.0 Å². The minimum Gasteiger partial charge on any atom is -0.348 e. The van der Waals surface area contributed by atoms with Gasteiger partial charge in [0.25, 0.3) is 5.91 Å². The van der Waals surface area contributed by atoms with Crippen molar-refractivity contribution < 1.29 is 13.6 Å². The Kier molecular flexibility index (Phi) is 3.86. The number of carbonyl (C=O) groups excluding carboxylic acids is 1. The van der Waals surface area contributed by atoms with E-state index >= 15 is 0 Å². The predicted molar refractivity (Wildman–Crippen MR) is 85.2 cm³/mol. The topological polar surface area (TPSA) is 34.0 Å². The molecule has 3 nitrogen and oxygen atoms in total. The van der Waals surface area contributed by atoms with Crippen LogP contribution in [-0.4, -0.2) is 10.5 Å². The van der Waals surface area contributed by atoms with Crippen LogP contribution in [0.15, 0.2) is 42.5 Å². The van der Waals surface area contributed by atoms with Gasteiger partial charge in [-0.05, 0) is 42.8 Å². The number of nitrogens with one attached hydrogen (secondary N) is 1. The van der Waals surface area contributed by atoms with Crippen LogP contribution in [0, 0.1) is 18.6 Å². The molecule has 0 spiro atoms. The number of carbonyl (C=O) groups is 1. The van der Waals surface area contributed by atoms with Crippen molar-refractivity contribution in [1.29, 1.82) is 0 Å². The summed E-state index contributed by atoms with van der Waals surface area (Å²) in [5.74, 6) is -2.49. The second-order valence-electron chi connectivity index (χ2n) is 5.52. The summed E-state index contributed by atoms with van der Waals surface area (Å²) in [4.78, 5) is 12.0. The van der Waals surface area contributed by atoms with E-state index in [4.69, 9.17) is 0 Å². The molecule has 1 amide bonds. The first-order valence-electron chi connectivity index (χ1n) is 7.24. The molecule has 0 saturated heterocycles. The number of fused-ring (bicyclic) bond motifs is 1. The van der Waals surface area contributed by atoms with Crippen LogP contribution in [0.3, 0.4) is 0 Å². The van der Waals surface area contributed by atoms with E-state index in [-0.39, 0.29) is 6.54 Å². The van der Waals surface area contributed by atoms with Gasteiger partial charge in [0, 0.05) is 30.2 Å². The Labute approximate surface area is 132 Å². The monoisotopic (exact) mass is 314 g/mol. The van der Waals surface area contributed by atoms with Gasteiger partial charge in [0.05, 0.1) is 0 Å². The number of aryl methyl sites for hydroxylation is 2. The van der Waals surface area contributed by atoms with Crippen LogP contribution in [0.5, 0.6) is 0 Å². The van der Waals surface area contributed by atoms with E-state index in [1.165, 1.54) is 6.07 Å². The summed E-state index contributed by atoms with van der Waals surface area (Å²) in [5.41, 5.74) is 2.55. The molecule has 3 rings (SSSR count). The van der Waals surface area contributed by atoms with Crippen molar-refractivity contribution >= 4 is 16.8 Å². The molecule has 3 aromatic rings. The Morgan fingerprint density at radius 1 is 1.13 bits per heavy atom. The number of amides is 1. The first kappa shape index (κ1) is 15.2. The predicted octanol–water partition coefficient (Wildman–Crippen LogP) is 3.69. The molecule has 0 unspecified atom stereocenters. The van der Waals surface area contributed by atoms with Gasteiger partial charge in [0.2, 0.25) is 0 Å². The van der Waals surface area contributed by atoms with Crippen molar-refractivity contribution in [2.45, 2.75) is 13.5 Å². The molecule has 0 aliphatic rings. The van der Waals surface area contributed by atoms with Crippen molar-refractivity contribution in [2.75, 3.05) is 0 Å². The normalized spacial score (nSPS) is 11.0. The summed E-state index contributed by atoms with van der Waals surface area (Å²) in [6.45, 7) is 2.22. The molecule has 0 aliphatic heterocycles. The van der Waals surface area contributed by atoms with Crippen LogP contribution in [0.1, 0.15) is 21.6 Å². The van der Waals surface area contributed by atoms with Gasteiger partial charge in [0.15, 0.2) is 0 Å². The summed E-state index contributed by atoms with van der Waals surface area (Å²) >= 11 is 0. The van der Waals surface area contributed by atoms with Crippen molar-refractivity contribution in [1.82, 2.24) is 9.88 Å². The summed E-state index contributed by atoms with van der Waals surface area (Å²) in [5, 5.41) is 3.62. The maximum absolute atomic E-state index is 13.6. The van der Waals surface area contributed by atoms with Crippen LogP contribution in [-0.2, 0) is 13.6 Å². The minimum absolute atomic E-state index is 0.205. The summed E-state index contributed by atoms with van der Waals surface area (Å²) in [6, 6.07) is 11.2. The van der Waals surface area contributed by atoms with Gasteiger partial charge in [-0.2, -0.15) is 0 Å². The van der Waals surface area contributed by atoms with Crippen molar-refractivity contribution in [3.8, 4) is 0 Å². The highest BCUT2D eigenvalue weighted by Gasteiger charge is 2.16. The number of halogens is 2. The lowest BCUT2D eigenvalue weighted by Crippen LogP contribution is -2.25. The minimum atomic E-state index is -0.864. The summed E-state index contributed by atoms with van der Waals surface area (Å²) in [7, 11) is 1.99. The van der Waals surface area contributed by atoms with Gasteiger partial charge in [-0.1, -0.05) is 12.1 Å². The number of nitrogens with zero attached hydrogens (tertiary/aromatic N) is 1. The first-order chi connectivity index (χ1) is 11.0. The third-order valence-corrected chi connectivity index (χ3v) is 3.99. The molecule has 118 valence electrons. The quantitative estimate of drug-likeness (QED) is 0.786. The van der Waals surface area contributed by atoms with Gasteiger partial charge >= 0.3 is 0 Å². The van der Waals surface area contributed by atoms with E-state index in [1.54, 1.807) is 0 Å². The third-order valence-electron chi connectivity index (χ3n) is 3.99. The lowest BCUT2D eigenvalue weighted by Gasteiger charge is -2.08. The zero-order valence-electron chi connectivity index (χ0n) is 12.9. The van der Waals surface area contributed by atoms with Gasteiger partial charge in [0.1, 0.15) is 17.2 Å². The SMILES string of the molecule is Cc1cc2cc(CNC(=O)c3c(F)cccc3F)ccc2n1C. The maximum atomic E-state index is 13.6. The fraction of sp³-hybridized carbons (Fsp3) is 0.167. The van der Waals surface area contributed by atoms with Crippen molar-refractivity contribution in [2.24, 2.45) is 7.05 Å². The van der Waals surface area contributed by atoms with Gasteiger partial charge in [-0.25, -0.2) is 8.78 Å². The van der Waals surface area contributed by atoms with Crippen LogP contribution < -0.4 is 5.32 Å². The Hall–Kier alpha value is -2.69. The van der Waals surface area contributed by atoms with E-state index in [0.29, 0.717) is 0 Å². The van der Waals surface area contributed by atoms with Gasteiger partial charge in [-0.3, -0.25) is 4.79 Å². The number of rotatable bonds is 3. The fourth-order valence-corrected chi connectivity index (χ4v) is 2.63. The highest BCUT2D eigenvalue weighted by atomic mass is 19.1. The molecule has 0 bridgehead atoms. The molecular weight excluding hydrogens is 298 g/mol. The smallest absolute Gasteiger partial charge is 0.257 e. The number of hydrogen-bond acceptors (Lipinski definition) is 1. The second kappa shape index (κ2) is 5.83. The lowest BCUT2D eigenvalue weighted by atomic mass is 10.1. The standard InChI is InChI=1S/C18H16F2N2O/c1-11-8-13-9-12(6-7-16(13)22(11)2)10-21-18(23)17-14(19)4-3-5-15(17)20/h3-9H,10H2,1-2H3,(H,21,23). The van der Waals surface area contributed by atoms with E-state index in [0.717, 1.165) is 34.3 Å². The molecule has 1 N–H and O–H groups in total. The van der Waals surface area contributed by atoms with E-state index in [9.17, 15) is 13.6 Å². The van der Waals surface area contributed by atoms with Crippen LogP contribution in [0.2, 0.25) is 0 Å². The van der Waals surface area contributed by atoms with Crippen molar-refractivity contribution in [3.05, 3.63) is 70.9 Å². The van der Waals surface area contributed by atoms with Crippen LogP contribution in [0.4, 0.5) is 8.78 Å². The molecule has 2 aromatic carbocycles. The maximum Gasteiger partial charge on any atom is 0.257 e. The Bertz CT molecular complexity index is 879. The molecule has 1 aromatic heterocycles. The highest BCUT2D eigenvalue weighted by Crippen LogP contribution is 2.20. The number of hydrogen-bond donors (Lipinski definition) is 1. The van der Waals surface area contributed by atoms with E-state index in [1.807, 2.05) is 32.2 Å². The average molecular weight is 314 g/mol. The van der Waals surface area contributed by atoms with Gasteiger partial charge < -0.3 is 9.88 Å². The molecule has 23 heavy (non-hydrogen) atoms. The molecule has 1 heterocycles. The Morgan fingerprint density at radius 3 is 2.52 bits per heavy atom. The molecule has 0 aliphatic carbocycles. The lowest BCUT2D eigenvalue weighted by molar-refractivity contribution is 0.0942. The largest absolute Gasteiger partial charge is 0.348 e. The third kappa shape index (κ3) is 2.82. The Morgan fingerprint density at radius 2 is 1.83 bits per heavy atom. The van der Waals surface area contributed by atoms with Crippen LogP contribution >= 0.6 is 0 Å². The Balaban J connectivity index is 1.79. The number of benzene rings is 2. The molecule has 0 atom stereocenters. The van der Waals surface area contributed by atoms with Crippen LogP contribution in [0.25, 0.3) is 10.9 Å². The van der Waals surface area contributed by atoms with Crippen molar-refractivity contribution in [3.63, 3.8) is 0 Å². The zero-order chi connectivity index (χ0) is 16.6. The number of aromatic nitrogens is 1. The second-order valence-corrected chi connectivity index (χ2v) is 5.52. The first-order valence-corrected chi connectivity index (χ1v) is 7.24. The fourth-order valence-electron chi connectivity index (χ4n) is 2.63. The van der Waals surface area contributed by atoms with E-state index < -0.39 is 23.1 Å². The summed E-state index contributed by atoms with van der Waals surface area (Å²) < 4.78 is 29.2. The molecular formula is C18H16F2N2O. The zero-order valence-corrected chi connectivity index (χ0v) is 12.9. The summed E-state index contributed by atoms with van der Waals surface area (Å²) in [6.07, 6.45) is 0. The molecule has 5 heteroatoms. The van der Waals surface area contributed by atoms with Gasteiger partial charge in [-0.15, -0.1) is 0 Å². The highest BCUT2D eigenvalue weighted by molar-refractivity contribution is 5.94.